The van der Waals surface area contributed by atoms with Gasteiger partial charge in [0.05, 0.1) is 18.3 Å². The van der Waals surface area contributed by atoms with Crippen molar-refractivity contribution < 1.29 is 9.84 Å². The van der Waals surface area contributed by atoms with Crippen LogP contribution in [-0.4, -0.2) is 23.4 Å². The van der Waals surface area contributed by atoms with Crippen LogP contribution < -0.4 is 0 Å². The normalized spacial score (nSPS) is 14.5. The van der Waals surface area contributed by atoms with Crippen LogP contribution in [0.1, 0.15) is 27.2 Å². The van der Waals surface area contributed by atoms with E-state index in [-0.39, 0.29) is 6.10 Å². The van der Waals surface area contributed by atoms with Gasteiger partial charge in [0.2, 0.25) is 0 Å². The summed E-state index contributed by atoms with van der Waals surface area (Å²) >= 11 is 0. The lowest BCUT2D eigenvalue weighted by atomic mass is 10.0. The van der Waals surface area contributed by atoms with E-state index >= 15 is 0 Å². The zero-order chi connectivity index (χ0) is 8.91. The molecule has 1 N–H and O–H groups in total. The number of aliphatic hydroxyl groups is 1. The molecule has 0 aromatic heterocycles. The van der Waals surface area contributed by atoms with Crippen molar-refractivity contribution in [3.63, 3.8) is 0 Å². The maximum atomic E-state index is 9.38. The fourth-order valence-corrected chi connectivity index (χ4v) is 0.995. The minimum Gasteiger partial charge on any atom is -0.390 e. The maximum Gasteiger partial charge on any atom is 0.0648 e. The number of hydrogen-bond acceptors (Lipinski definition) is 2. The molecule has 1 atom stereocenters. The maximum absolute atomic E-state index is 9.38. The summed E-state index contributed by atoms with van der Waals surface area (Å²) in [5.74, 6) is 0. The standard InChI is InChI=1S/C9H18O2/c1-5-6-11-8(2)7-9(3,4)10/h5,8,10H,1,6-7H2,2-4H3/t8-/m0/s1. The Kier molecular flexibility index (Phi) is 4.38. The summed E-state index contributed by atoms with van der Waals surface area (Å²) in [5.41, 5.74) is -0.638. The number of hydrogen-bond donors (Lipinski definition) is 1. The van der Waals surface area contributed by atoms with Gasteiger partial charge < -0.3 is 9.84 Å². The van der Waals surface area contributed by atoms with Crippen LogP contribution in [0.4, 0.5) is 0 Å². The zero-order valence-electron chi connectivity index (χ0n) is 7.63. The minimum absolute atomic E-state index is 0.0907. The van der Waals surface area contributed by atoms with E-state index in [2.05, 4.69) is 6.58 Å². The predicted octanol–water partition coefficient (Wildman–Crippen LogP) is 1.74. The van der Waals surface area contributed by atoms with Crippen LogP contribution in [0.15, 0.2) is 12.7 Å². The van der Waals surface area contributed by atoms with E-state index < -0.39 is 5.60 Å². The highest BCUT2D eigenvalue weighted by atomic mass is 16.5. The van der Waals surface area contributed by atoms with E-state index in [0.29, 0.717) is 13.0 Å². The highest BCUT2D eigenvalue weighted by Crippen LogP contribution is 2.12. The first-order valence-corrected chi connectivity index (χ1v) is 3.90. The van der Waals surface area contributed by atoms with Crippen molar-refractivity contribution >= 4 is 0 Å². The first-order valence-electron chi connectivity index (χ1n) is 3.90. The van der Waals surface area contributed by atoms with Gasteiger partial charge in [0.1, 0.15) is 0 Å². The average Bonchev–Trinajstić information content (AvgIpc) is 1.79. The van der Waals surface area contributed by atoms with Crippen molar-refractivity contribution in [2.24, 2.45) is 0 Å². The second kappa shape index (κ2) is 4.52. The Morgan fingerprint density at radius 1 is 1.64 bits per heavy atom. The molecule has 0 bridgehead atoms. The first-order chi connectivity index (χ1) is 4.95. The Bertz CT molecular complexity index is 113. The first kappa shape index (κ1) is 10.7. The molecule has 11 heavy (non-hydrogen) atoms. The van der Waals surface area contributed by atoms with Crippen molar-refractivity contribution in [1.29, 1.82) is 0 Å². The molecule has 0 saturated carbocycles. The highest BCUT2D eigenvalue weighted by Gasteiger charge is 2.16. The molecule has 0 radical (unpaired) electrons. The predicted molar refractivity (Wildman–Crippen MR) is 46.5 cm³/mol. The van der Waals surface area contributed by atoms with Gasteiger partial charge in [-0.05, 0) is 20.8 Å². The Hall–Kier alpha value is -0.340. The van der Waals surface area contributed by atoms with Gasteiger partial charge in [-0.15, -0.1) is 6.58 Å². The number of rotatable bonds is 5. The van der Waals surface area contributed by atoms with Crippen molar-refractivity contribution in [3.8, 4) is 0 Å². The fourth-order valence-electron chi connectivity index (χ4n) is 0.995. The van der Waals surface area contributed by atoms with Gasteiger partial charge in [-0.25, -0.2) is 0 Å². The van der Waals surface area contributed by atoms with E-state index in [4.69, 9.17) is 4.74 Å². The molecule has 0 amide bonds. The molecule has 0 spiro atoms. The van der Waals surface area contributed by atoms with E-state index in [1.54, 1.807) is 19.9 Å². The molecule has 66 valence electrons. The molecule has 0 saturated heterocycles. The molecule has 0 aliphatic carbocycles. The average molecular weight is 158 g/mol. The van der Waals surface area contributed by atoms with Gasteiger partial charge in [-0.3, -0.25) is 0 Å². The zero-order valence-corrected chi connectivity index (χ0v) is 7.63. The lowest BCUT2D eigenvalue weighted by molar-refractivity contribution is -0.00357. The third-order valence-electron chi connectivity index (χ3n) is 1.29. The van der Waals surface area contributed by atoms with Gasteiger partial charge in [0.15, 0.2) is 0 Å². The molecular weight excluding hydrogens is 140 g/mol. The smallest absolute Gasteiger partial charge is 0.0648 e. The van der Waals surface area contributed by atoms with Crippen LogP contribution in [-0.2, 0) is 4.74 Å². The summed E-state index contributed by atoms with van der Waals surface area (Å²) in [6.45, 7) is 9.60. The SMILES string of the molecule is C=CCO[C@@H](C)CC(C)(C)O. The molecule has 2 nitrogen and oxygen atoms in total. The van der Waals surface area contributed by atoms with Crippen molar-refractivity contribution in [1.82, 2.24) is 0 Å². The molecule has 2 heteroatoms. The van der Waals surface area contributed by atoms with E-state index in [0.717, 1.165) is 0 Å². The molecule has 0 aliphatic heterocycles. The van der Waals surface area contributed by atoms with E-state index in [9.17, 15) is 5.11 Å². The topological polar surface area (TPSA) is 29.5 Å². The second-order valence-corrected chi connectivity index (χ2v) is 3.45. The van der Waals surface area contributed by atoms with Gasteiger partial charge in [-0.2, -0.15) is 0 Å². The lowest BCUT2D eigenvalue weighted by Gasteiger charge is -2.21. The Labute approximate surface area is 68.9 Å². The Balaban J connectivity index is 3.51. The molecule has 0 rings (SSSR count). The minimum atomic E-state index is -0.638. The van der Waals surface area contributed by atoms with Crippen molar-refractivity contribution in [2.75, 3.05) is 6.61 Å². The highest BCUT2D eigenvalue weighted by molar-refractivity contribution is 4.71. The lowest BCUT2D eigenvalue weighted by Crippen LogP contribution is -2.26. The third-order valence-corrected chi connectivity index (χ3v) is 1.29. The summed E-state index contributed by atoms with van der Waals surface area (Å²) in [5, 5.41) is 9.38. The van der Waals surface area contributed by atoms with Crippen LogP contribution in [0.5, 0.6) is 0 Å². The summed E-state index contributed by atoms with van der Waals surface area (Å²) in [4.78, 5) is 0. The van der Waals surface area contributed by atoms with Crippen LogP contribution >= 0.6 is 0 Å². The van der Waals surface area contributed by atoms with Crippen molar-refractivity contribution in [2.45, 2.75) is 38.9 Å². The van der Waals surface area contributed by atoms with Crippen LogP contribution in [0.25, 0.3) is 0 Å². The van der Waals surface area contributed by atoms with Crippen LogP contribution in [0.3, 0.4) is 0 Å². The van der Waals surface area contributed by atoms with Crippen molar-refractivity contribution in [3.05, 3.63) is 12.7 Å². The van der Waals surface area contributed by atoms with Gasteiger partial charge in [0, 0.05) is 6.42 Å². The monoisotopic (exact) mass is 158 g/mol. The summed E-state index contributed by atoms with van der Waals surface area (Å²) in [6.07, 6.45) is 2.45. The van der Waals surface area contributed by atoms with Crippen LogP contribution in [0, 0.1) is 0 Å². The summed E-state index contributed by atoms with van der Waals surface area (Å²) in [7, 11) is 0. The van der Waals surface area contributed by atoms with Crippen LogP contribution in [0.2, 0.25) is 0 Å². The second-order valence-electron chi connectivity index (χ2n) is 3.45. The van der Waals surface area contributed by atoms with E-state index in [1.165, 1.54) is 0 Å². The molecule has 0 fully saturated rings. The van der Waals surface area contributed by atoms with E-state index in [1.807, 2.05) is 6.92 Å². The Morgan fingerprint density at radius 3 is 2.55 bits per heavy atom. The Morgan fingerprint density at radius 2 is 2.18 bits per heavy atom. The molecule has 0 heterocycles. The summed E-state index contributed by atoms with van der Waals surface area (Å²) < 4.78 is 5.29. The number of ether oxygens (including phenoxy) is 1. The molecular formula is C9H18O2. The molecule has 0 aromatic carbocycles. The summed E-state index contributed by atoms with van der Waals surface area (Å²) in [6, 6.07) is 0. The largest absolute Gasteiger partial charge is 0.390 e. The van der Waals surface area contributed by atoms with Gasteiger partial charge >= 0.3 is 0 Å². The quantitative estimate of drug-likeness (QED) is 0.617. The third kappa shape index (κ3) is 7.56. The van der Waals surface area contributed by atoms with Gasteiger partial charge in [0.25, 0.3) is 0 Å². The fraction of sp³-hybridized carbons (Fsp3) is 0.778. The molecule has 0 aliphatic rings. The molecule has 0 unspecified atom stereocenters. The van der Waals surface area contributed by atoms with Gasteiger partial charge in [-0.1, -0.05) is 6.08 Å². The molecule has 0 aromatic rings.